The molecule has 5 heteroatoms. The number of imidazole rings is 1. The number of anilines is 2. The Morgan fingerprint density at radius 3 is 3.25 bits per heavy atom. The normalized spacial score (nSPS) is 20.4. The molecular weight excluding hydrogens is 220 g/mol. The molecule has 1 fully saturated rings. The Morgan fingerprint density at radius 2 is 2.44 bits per heavy atom. The van der Waals surface area contributed by atoms with Crippen LogP contribution in [0, 0.1) is 0 Å². The van der Waals surface area contributed by atoms with Crippen LogP contribution in [0.1, 0.15) is 6.42 Å². The summed E-state index contributed by atoms with van der Waals surface area (Å²) in [6.45, 7) is 0. The van der Waals surface area contributed by atoms with Crippen LogP contribution in [0.2, 0.25) is 0 Å². The molecule has 0 radical (unpaired) electrons. The monoisotopic (exact) mass is 234 g/mol. The SMILES string of the molecule is Nc1ccc2nc(NC3CCSC3)[nH]c2c1. The summed E-state index contributed by atoms with van der Waals surface area (Å²) in [6.07, 6.45) is 1.21. The number of nitrogen functional groups attached to an aromatic ring is 1. The molecule has 0 bridgehead atoms. The fraction of sp³-hybridized carbons (Fsp3) is 0.364. The first-order valence-electron chi connectivity index (χ1n) is 5.41. The minimum Gasteiger partial charge on any atom is -0.399 e. The maximum atomic E-state index is 5.73. The summed E-state index contributed by atoms with van der Waals surface area (Å²) < 4.78 is 0. The Kier molecular flexibility index (Phi) is 2.40. The zero-order valence-electron chi connectivity index (χ0n) is 8.86. The van der Waals surface area contributed by atoms with E-state index in [4.69, 9.17) is 5.73 Å². The largest absolute Gasteiger partial charge is 0.399 e. The molecule has 3 rings (SSSR count). The highest BCUT2D eigenvalue weighted by Crippen LogP contribution is 2.22. The average Bonchev–Trinajstić information content (AvgIpc) is 2.86. The second-order valence-corrected chi connectivity index (χ2v) is 5.22. The van der Waals surface area contributed by atoms with Crippen LogP contribution >= 0.6 is 11.8 Å². The van der Waals surface area contributed by atoms with E-state index >= 15 is 0 Å². The lowest BCUT2D eigenvalue weighted by atomic mass is 10.3. The van der Waals surface area contributed by atoms with Crippen LogP contribution in [0.4, 0.5) is 11.6 Å². The summed E-state index contributed by atoms with van der Waals surface area (Å²) in [4.78, 5) is 7.74. The van der Waals surface area contributed by atoms with Crippen LogP contribution in [0.5, 0.6) is 0 Å². The number of rotatable bonds is 2. The molecule has 1 saturated heterocycles. The Labute approximate surface area is 98.0 Å². The van der Waals surface area contributed by atoms with Crippen molar-refractivity contribution in [3.63, 3.8) is 0 Å². The van der Waals surface area contributed by atoms with Crippen LogP contribution < -0.4 is 11.1 Å². The maximum absolute atomic E-state index is 5.73. The lowest BCUT2D eigenvalue weighted by Crippen LogP contribution is -2.18. The van der Waals surface area contributed by atoms with Gasteiger partial charge in [-0.2, -0.15) is 11.8 Å². The minimum absolute atomic E-state index is 0.544. The molecule has 0 spiro atoms. The molecule has 1 aromatic heterocycles. The quantitative estimate of drug-likeness (QED) is 0.696. The number of thioether (sulfide) groups is 1. The van der Waals surface area contributed by atoms with Gasteiger partial charge in [0.25, 0.3) is 0 Å². The van der Waals surface area contributed by atoms with Crippen molar-refractivity contribution in [1.29, 1.82) is 0 Å². The molecule has 1 atom stereocenters. The van der Waals surface area contributed by atoms with Crippen LogP contribution in [0.25, 0.3) is 11.0 Å². The van der Waals surface area contributed by atoms with Crippen molar-refractivity contribution in [2.24, 2.45) is 0 Å². The van der Waals surface area contributed by atoms with Crippen molar-refractivity contribution >= 4 is 34.4 Å². The molecule has 0 amide bonds. The number of nitrogens with zero attached hydrogens (tertiary/aromatic N) is 1. The molecule has 84 valence electrons. The third kappa shape index (κ3) is 1.82. The van der Waals surface area contributed by atoms with E-state index < -0.39 is 0 Å². The second-order valence-electron chi connectivity index (χ2n) is 4.07. The fourth-order valence-corrected chi connectivity index (χ4v) is 3.09. The van der Waals surface area contributed by atoms with Gasteiger partial charge in [-0.1, -0.05) is 0 Å². The molecule has 0 aliphatic carbocycles. The molecule has 1 unspecified atom stereocenters. The number of benzene rings is 1. The van der Waals surface area contributed by atoms with Gasteiger partial charge in [0.05, 0.1) is 11.0 Å². The zero-order chi connectivity index (χ0) is 11.0. The van der Waals surface area contributed by atoms with Crippen LogP contribution in [0.15, 0.2) is 18.2 Å². The Morgan fingerprint density at radius 1 is 1.50 bits per heavy atom. The number of aromatic amines is 1. The van der Waals surface area contributed by atoms with Crippen molar-refractivity contribution < 1.29 is 0 Å². The zero-order valence-corrected chi connectivity index (χ0v) is 9.68. The van der Waals surface area contributed by atoms with E-state index in [1.807, 2.05) is 30.0 Å². The predicted molar refractivity (Wildman–Crippen MR) is 69.9 cm³/mol. The third-order valence-corrected chi connectivity index (χ3v) is 3.94. The lowest BCUT2D eigenvalue weighted by Gasteiger charge is -2.08. The Hall–Kier alpha value is -1.36. The van der Waals surface area contributed by atoms with E-state index in [-0.39, 0.29) is 0 Å². The number of aromatic nitrogens is 2. The maximum Gasteiger partial charge on any atom is 0.201 e. The third-order valence-electron chi connectivity index (χ3n) is 2.78. The van der Waals surface area contributed by atoms with Gasteiger partial charge in [0, 0.05) is 17.5 Å². The first kappa shape index (κ1) is 9.84. The number of hydrogen-bond acceptors (Lipinski definition) is 4. The summed E-state index contributed by atoms with van der Waals surface area (Å²) >= 11 is 1.99. The van der Waals surface area contributed by atoms with Gasteiger partial charge < -0.3 is 16.0 Å². The molecule has 1 aliphatic rings. The van der Waals surface area contributed by atoms with Crippen molar-refractivity contribution in [1.82, 2.24) is 9.97 Å². The van der Waals surface area contributed by atoms with Crippen molar-refractivity contribution in [2.75, 3.05) is 22.6 Å². The smallest absolute Gasteiger partial charge is 0.201 e. The summed E-state index contributed by atoms with van der Waals surface area (Å²) in [5.41, 5.74) is 8.44. The molecule has 1 aliphatic heterocycles. The molecule has 2 aromatic rings. The van der Waals surface area contributed by atoms with E-state index in [0.29, 0.717) is 6.04 Å². The molecule has 4 nitrogen and oxygen atoms in total. The van der Waals surface area contributed by atoms with Crippen molar-refractivity contribution in [2.45, 2.75) is 12.5 Å². The first-order chi connectivity index (χ1) is 7.81. The van der Waals surface area contributed by atoms with E-state index in [2.05, 4.69) is 15.3 Å². The van der Waals surface area contributed by atoms with Gasteiger partial charge in [-0.25, -0.2) is 4.98 Å². The number of nitrogens with two attached hydrogens (primary N) is 1. The van der Waals surface area contributed by atoms with E-state index in [9.17, 15) is 0 Å². The molecule has 1 aromatic carbocycles. The van der Waals surface area contributed by atoms with Crippen LogP contribution in [-0.2, 0) is 0 Å². The highest BCUT2D eigenvalue weighted by Gasteiger charge is 2.16. The van der Waals surface area contributed by atoms with Crippen LogP contribution in [0.3, 0.4) is 0 Å². The van der Waals surface area contributed by atoms with Gasteiger partial charge in [0.1, 0.15) is 0 Å². The number of hydrogen-bond donors (Lipinski definition) is 3. The Balaban J connectivity index is 1.86. The number of fused-ring (bicyclic) bond motifs is 1. The van der Waals surface area contributed by atoms with Gasteiger partial charge in [-0.3, -0.25) is 0 Å². The summed E-state index contributed by atoms with van der Waals surface area (Å²) in [5.74, 6) is 3.26. The molecule has 2 heterocycles. The summed E-state index contributed by atoms with van der Waals surface area (Å²) in [5, 5.41) is 3.42. The van der Waals surface area contributed by atoms with Crippen molar-refractivity contribution in [3.8, 4) is 0 Å². The molecule has 4 N–H and O–H groups in total. The number of nitrogens with one attached hydrogen (secondary N) is 2. The second kappa shape index (κ2) is 3.90. The minimum atomic E-state index is 0.544. The van der Waals surface area contributed by atoms with Gasteiger partial charge >= 0.3 is 0 Å². The summed E-state index contributed by atoms with van der Waals surface area (Å²) in [7, 11) is 0. The average molecular weight is 234 g/mol. The number of H-pyrrole nitrogens is 1. The summed E-state index contributed by atoms with van der Waals surface area (Å²) in [6, 6.07) is 6.27. The fourth-order valence-electron chi connectivity index (χ4n) is 1.94. The van der Waals surface area contributed by atoms with E-state index in [1.165, 1.54) is 17.9 Å². The highest BCUT2D eigenvalue weighted by molar-refractivity contribution is 7.99. The van der Waals surface area contributed by atoms with Gasteiger partial charge in [0.15, 0.2) is 0 Å². The highest BCUT2D eigenvalue weighted by atomic mass is 32.2. The van der Waals surface area contributed by atoms with E-state index in [0.717, 1.165) is 22.7 Å². The van der Waals surface area contributed by atoms with E-state index in [1.54, 1.807) is 0 Å². The first-order valence-corrected chi connectivity index (χ1v) is 6.56. The predicted octanol–water partition coefficient (Wildman–Crippen LogP) is 2.06. The van der Waals surface area contributed by atoms with Gasteiger partial charge in [0.2, 0.25) is 5.95 Å². The Bertz CT molecular complexity index is 502. The molecular formula is C11H14N4S. The molecule has 0 saturated carbocycles. The van der Waals surface area contributed by atoms with Gasteiger partial charge in [-0.05, 0) is 30.4 Å². The van der Waals surface area contributed by atoms with Crippen molar-refractivity contribution in [3.05, 3.63) is 18.2 Å². The molecule has 16 heavy (non-hydrogen) atoms. The topological polar surface area (TPSA) is 66.7 Å². The lowest BCUT2D eigenvalue weighted by molar-refractivity contribution is 0.803. The van der Waals surface area contributed by atoms with Crippen LogP contribution in [-0.4, -0.2) is 27.5 Å². The standard InChI is InChI=1S/C11H14N4S/c12-7-1-2-9-10(5-7)15-11(14-9)13-8-3-4-16-6-8/h1-2,5,8H,3-4,6,12H2,(H2,13,14,15). The van der Waals surface area contributed by atoms with Gasteiger partial charge in [-0.15, -0.1) is 0 Å².